The Morgan fingerprint density at radius 1 is 0.320 bits per heavy atom. The second-order valence-electron chi connectivity index (χ2n) is 41.9. The highest BCUT2D eigenvalue weighted by Gasteiger charge is 2.32. The second kappa shape index (κ2) is 58.8. The number of benzene rings is 4. The first-order chi connectivity index (χ1) is 71.9. The molecule has 4 aromatic carbocycles. The number of carbonyl (C=O) groups is 3. The number of aliphatic hydroxyl groups excluding tert-OH is 1. The molecular weight excluding hydrogens is 1970 g/mol. The smallest absolute Gasteiger partial charge is 0.336 e. The van der Waals surface area contributed by atoms with Crippen molar-refractivity contribution in [3.63, 3.8) is 0 Å². The van der Waals surface area contributed by atoms with Gasteiger partial charge in [-0.2, -0.15) is 29.3 Å². The van der Waals surface area contributed by atoms with Crippen LogP contribution in [0.3, 0.4) is 0 Å². The van der Waals surface area contributed by atoms with Crippen molar-refractivity contribution in [2.75, 3.05) is 72.7 Å². The molecule has 0 spiro atoms. The van der Waals surface area contributed by atoms with Crippen molar-refractivity contribution in [1.82, 2.24) is 79.0 Å². The van der Waals surface area contributed by atoms with Gasteiger partial charge in [-0.15, -0.1) is 20.4 Å². The van der Waals surface area contributed by atoms with E-state index in [1.165, 1.54) is 12.1 Å². The molecule has 0 unspecified atom stereocenters. The Labute approximate surface area is 885 Å². The maximum atomic E-state index is 12.0. The lowest BCUT2D eigenvalue weighted by Crippen LogP contribution is -2.29. The first kappa shape index (κ1) is 118. The Hall–Kier alpha value is -12.5. The zero-order chi connectivity index (χ0) is 108. The average Bonchev–Trinajstić information content (AvgIpc) is 1.67. The van der Waals surface area contributed by atoms with Crippen molar-refractivity contribution >= 4 is 50.2 Å². The molecule has 0 aliphatic heterocycles. The molecule has 3 fully saturated rings. The molecule has 3 N–H and O–H groups in total. The van der Waals surface area contributed by atoms with E-state index in [1.54, 1.807) is 43.3 Å². The minimum atomic E-state index is -1.17. The van der Waals surface area contributed by atoms with Gasteiger partial charge in [0.1, 0.15) is 39.1 Å². The molecular formula is C111H156N16O19Si4. The van der Waals surface area contributed by atoms with Gasteiger partial charge in [0.2, 0.25) is 22.9 Å². The van der Waals surface area contributed by atoms with Crippen molar-refractivity contribution in [3.05, 3.63) is 191 Å². The van der Waals surface area contributed by atoms with Gasteiger partial charge in [0, 0.05) is 141 Å². The highest BCUT2D eigenvalue weighted by Crippen LogP contribution is 2.36. The van der Waals surface area contributed by atoms with E-state index in [0.717, 1.165) is 168 Å². The number of H-pyrrole nitrogens is 2. The van der Waals surface area contributed by atoms with Gasteiger partial charge in [-0.3, -0.25) is 24.0 Å². The van der Waals surface area contributed by atoms with Crippen LogP contribution in [-0.4, -0.2) is 225 Å². The quantitative estimate of drug-likeness (QED) is 0.0138. The Morgan fingerprint density at radius 3 is 0.880 bits per heavy atom. The zero-order valence-electron chi connectivity index (χ0n) is 91.1. The van der Waals surface area contributed by atoms with E-state index in [-0.39, 0.29) is 65.1 Å². The summed E-state index contributed by atoms with van der Waals surface area (Å²) < 4.78 is 80.1. The summed E-state index contributed by atoms with van der Waals surface area (Å²) in [7, 11) is -4.59. The maximum Gasteiger partial charge on any atom is 0.336 e. The van der Waals surface area contributed by atoms with Gasteiger partial charge in [-0.05, 0) is 207 Å². The SMILES string of the molecule is CCOC(=O)C1CCC(O)CC1.CCOC(=O)C1CCC(Oc2ccc(-c3ccc(-c4nc(OCC)n(COCC[Si](C)(C)C)n4)cc3)cn2)CC1.CCOC(=O)C1CCC(Oc2ccc(-c3ccc(-c4nc(OCC)nn4COCC[Si](C)(C)C)cc3)cn2)CC1.CCOc1nc(-c2ccc(-c3ccc(=O)[nH]c3)cc2)n(COCC[Si](C)(C)C)n1.CCOc1nc(-c2ccc(-c3ccc(=O)[nH]c3)cc2)nn1COCC[Si](C)(C)C. The zero-order valence-corrected chi connectivity index (χ0v) is 95.1. The standard InChI is InChI=1S/2C30H42N4O5Si.2C21H28N4O3Si.C9H16O3/c1-6-37-29(35)24-12-15-26(16-13-24)39-27-17-14-25(20-31-27)22-8-10-23(11-9-22)28-32-30(38-7-2)33-34(28)21-36-18-19-40(3,4)5;1-6-37-29(35)24-12-15-26(16-13-24)39-27-17-14-25(20-31-27)22-8-10-23(11-9-22)28-32-30(38-7-2)34(33-28)21-36-18-19-40(3,4)5;1-5-28-21-23-20(25(24-21)15-27-12-13-29(2,3)4)17-8-6-16(7-9-17)18-10-11-19(26)22-14-18;1-5-28-21-23-20(24-25(21)15-27-12-13-29(2,3)4)17-8-6-16(7-9-17)18-10-11-19(26)22-14-18;1-2-12-9(11)7-3-5-8(10)6-4-7/h2*8-11,14,17,20,24,26H,6-7,12-13,15-16,18-19,21H2,1-5H3;2*6-11,14H,5,12-13,15H2,1-4H3,(H,22,26);7-8,10H,2-6H2,1H3. The molecule has 0 radical (unpaired) electrons. The maximum absolute atomic E-state index is 12.0. The third kappa shape index (κ3) is 39.1. The Balaban J connectivity index is 0.000000184. The number of nitrogens with one attached hydrogen (secondary N) is 2. The largest absolute Gasteiger partial charge is 0.474 e. The van der Waals surface area contributed by atoms with E-state index in [1.807, 2.05) is 170 Å². The monoisotopic (exact) mass is 2130 g/mol. The number of ether oxygens (including phenoxy) is 13. The van der Waals surface area contributed by atoms with Crippen LogP contribution in [0.15, 0.2) is 180 Å². The van der Waals surface area contributed by atoms with Crippen LogP contribution in [0.25, 0.3) is 90.1 Å². The molecule has 15 rings (SSSR count). The molecule has 3 aliphatic carbocycles. The third-order valence-corrected chi connectivity index (χ3v) is 31.8. The van der Waals surface area contributed by atoms with Crippen molar-refractivity contribution < 1.29 is 81.1 Å². The van der Waals surface area contributed by atoms with E-state index < -0.39 is 32.3 Å². The van der Waals surface area contributed by atoms with Gasteiger partial charge >= 0.3 is 41.9 Å². The summed E-state index contributed by atoms with van der Waals surface area (Å²) >= 11 is 0. The summed E-state index contributed by atoms with van der Waals surface area (Å²) in [5.74, 6) is 3.55. The summed E-state index contributed by atoms with van der Waals surface area (Å²) in [4.78, 5) is 90.3. The highest BCUT2D eigenvalue weighted by molar-refractivity contribution is 6.77. The van der Waals surface area contributed by atoms with Gasteiger partial charge in [0.05, 0.1) is 70.1 Å². The van der Waals surface area contributed by atoms with E-state index in [4.69, 9.17) is 61.6 Å². The van der Waals surface area contributed by atoms with E-state index in [0.29, 0.717) is 159 Å². The lowest BCUT2D eigenvalue weighted by atomic mass is 9.87. The molecule has 8 aromatic heterocycles. The molecule has 0 atom stereocenters. The Morgan fingerprint density at radius 2 is 0.600 bits per heavy atom. The molecule has 3 saturated carbocycles. The number of hydrogen-bond acceptors (Lipinski definition) is 29. The lowest BCUT2D eigenvalue weighted by Gasteiger charge is -2.27. The number of pyridine rings is 4. The summed E-state index contributed by atoms with van der Waals surface area (Å²) in [6.45, 7) is 48.6. The predicted molar refractivity (Wildman–Crippen MR) is 592 cm³/mol. The van der Waals surface area contributed by atoms with Gasteiger partial charge in [-0.1, -0.05) is 176 Å². The molecule has 12 aromatic rings. The van der Waals surface area contributed by atoms with Crippen LogP contribution in [0.5, 0.6) is 35.8 Å². The summed E-state index contributed by atoms with van der Waals surface area (Å²) in [5.41, 5.74) is 11.4. The molecule has 0 amide bonds. The third-order valence-electron chi connectivity index (χ3n) is 24.9. The molecule has 0 saturated heterocycles. The number of aromatic nitrogens is 16. The van der Waals surface area contributed by atoms with Gasteiger partial charge in [0.15, 0.2) is 23.3 Å². The number of nitrogens with zero attached hydrogens (tertiary/aromatic N) is 14. The van der Waals surface area contributed by atoms with Crippen LogP contribution in [-0.2, 0) is 74.5 Å². The number of esters is 3. The fourth-order valence-corrected chi connectivity index (χ4v) is 19.2. The minimum absolute atomic E-state index is 0.0130. The minimum Gasteiger partial charge on any atom is -0.474 e. The molecule has 810 valence electrons. The normalized spacial score (nSPS) is 16.2. The summed E-state index contributed by atoms with van der Waals surface area (Å²) in [6, 6.07) is 52.6. The van der Waals surface area contributed by atoms with Crippen molar-refractivity contribution in [3.8, 4) is 126 Å². The fourth-order valence-electron chi connectivity index (χ4n) is 16.2. The van der Waals surface area contributed by atoms with Crippen molar-refractivity contribution in [2.24, 2.45) is 17.8 Å². The van der Waals surface area contributed by atoms with Gasteiger partial charge in [0.25, 0.3) is 0 Å². The van der Waals surface area contributed by atoms with Crippen LogP contribution in [0.2, 0.25) is 103 Å². The van der Waals surface area contributed by atoms with Crippen LogP contribution >= 0.6 is 0 Å². The number of rotatable bonds is 46. The highest BCUT2D eigenvalue weighted by atomic mass is 28.3. The topological polar surface area (TPSA) is 406 Å². The van der Waals surface area contributed by atoms with E-state index in [2.05, 4.69) is 151 Å². The Kier molecular flexibility index (Phi) is 46.2. The van der Waals surface area contributed by atoms with Gasteiger partial charge < -0.3 is 76.7 Å². The average molecular weight is 2130 g/mol. The second-order valence-corrected chi connectivity index (χ2v) is 64.4. The first-order valence-electron chi connectivity index (χ1n) is 52.8. The van der Waals surface area contributed by atoms with Crippen LogP contribution in [0.1, 0.15) is 126 Å². The number of aromatic amines is 2. The molecule has 39 heteroatoms. The van der Waals surface area contributed by atoms with Crippen LogP contribution in [0.4, 0.5) is 0 Å². The molecule has 3 aliphatic rings. The number of aliphatic hydroxyl groups is 1. The van der Waals surface area contributed by atoms with Crippen molar-refractivity contribution in [1.29, 1.82) is 0 Å². The molecule has 0 bridgehead atoms. The van der Waals surface area contributed by atoms with E-state index >= 15 is 0 Å². The lowest BCUT2D eigenvalue weighted by molar-refractivity contribution is -0.150. The van der Waals surface area contributed by atoms with E-state index in [9.17, 15) is 29.1 Å². The number of carbonyl (C=O) groups excluding carboxylic acids is 3. The van der Waals surface area contributed by atoms with Gasteiger partial charge in [-0.25, -0.2) is 19.3 Å². The van der Waals surface area contributed by atoms with Crippen LogP contribution < -0.4 is 39.5 Å². The Bertz CT molecular complexity index is 6150. The number of hydrogen-bond donors (Lipinski definition) is 3. The first-order valence-corrected chi connectivity index (χ1v) is 67.6. The predicted octanol–water partition coefficient (Wildman–Crippen LogP) is 21.6. The fraction of sp³-hybridized carbons (Fsp3) is 0.505. The molecule has 35 nitrogen and oxygen atoms in total. The summed E-state index contributed by atoms with van der Waals surface area (Å²) in [6.07, 6.45) is 16.5. The van der Waals surface area contributed by atoms with Crippen molar-refractivity contribution in [2.45, 2.75) is 273 Å². The summed E-state index contributed by atoms with van der Waals surface area (Å²) in [5, 5.41) is 27.3. The van der Waals surface area contributed by atoms with Crippen LogP contribution in [0, 0.1) is 17.8 Å². The molecule has 150 heavy (non-hydrogen) atoms. The molecule has 8 heterocycles.